The van der Waals surface area contributed by atoms with Crippen molar-refractivity contribution in [2.45, 2.75) is 31.7 Å². The summed E-state index contributed by atoms with van der Waals surface area (Å²) in [6.07, 6.45) is 4.54. The first-order chi connectivity index (χ1) is 10.8. The van der Waals surface area contributed by atoms with Crippen LogP contribution < -0.4 is 5.32 Å². The van der Waals surface area contributed by atoms with Gasteiger partial charge in [-0.25, -0.2) is 0 Å². The highest BCUT2D eigenvalue weighted by Gasteiger charge is 2.28. The molecule has 1 fully saturated rings. The number of carbonyl (C=O) groups excluding carboxylic acids is 1. The molecule has 0 spiro atoms. The molecule has 1 aliphatic heterocycles. The third kappa shape index (κ3) is 3.19. The molecular weight excluding hydrogens is 284 g/mol. The van der Waals surface area contributed by atoms with Gasteiger partial charge in [-0.1, -0.05) is 5.16 Å². The van der Waals surface area contributed by atoms with Crippen LogP contribution in [-0.4, -0.2) is 47.1 Å². The van der Waals surface area contributed by atoms with Gasteiger partial charge in [-0.15, -0.1) is 0 Å². The first-order valence-electron chi connectivity index (χ1n) is 7.58. The Hall–Kier alpha value is -2.15. The number of aromatic nitrogens is 2. The molecule has 7 heteroatoms. The van der Waals surface area contributed by atoms with Gasteiger partial charge in [0.05, 0.1) is 6.26 Å². The SMILES string of the molecule is CNCC1CCCN1C(=O)CCc1nc(-c2ccco2)no1. The van der Waals surface area contributed by atoms with Crippen molar-refractivity contribution >= 4 is 5.91 Å². The molecule has 1 atom stereocenters. The highest BCUT2D eigenvalue weighted by atomic mass is 16.5. The van der Waals surface area contributed by atoms with Gasteiger partial charge in [-0.05, 0) is 32.0 Å². The van der Waals surface area contributed by atoms with Crippen molar-refractivity contribution in [1.82, 2.24) is 20.4 Å². The van der Waals surface area contributed by atoms with Gasteiger partial charge in [0.25, 0.3) is 0 Å². The zero-order valence-electron chi connectivity index (χ0n) is 12.6. The fourth-order valence-electron chi connectivity index (χ4n) is 2.83. The predicted octanol–water partition coefficient (Wildman–Crippen LogP) is 1.47. The minimum absolute atomic E-state index is 0.149. The molecule has 1 saturated heterocycles. The Morgan fingerprint density at radius 1 is 1.55 bits per heavy atom. The summed E-state index contributed by atoms with van der Waals surface area (Å²) >= 11 is 0. The predicted molar refractivity (Wildman–Crippen MR) is 79.0 cm³/mol. The Morgan fingerprint density at radius 2 is 2.45 bits per heavy atom. The summed E-state index contributed by atoms with van der Waals surface area (Å²) in [5.41, 5.74) is 0. The molecule has 0 aliphatic carbocycles. The van der Waals surface area contributed by atoms with Crippen molar-refractivity contribution in [3.05, 3.63) is 24.3 Å². The van der Waals surface area contributed by atoms with E-state index >= 15 is 0 Å². The van der Waals surface area contributed by atoms with E-state index < -0.39 is 0 Å². The lowest BCUT2D eigenvalue weighted by atomic mass is 10.2. The van der Waals surface area contributed by atoms with E-state index in [0.29, 0.717) is 36.4 Å². The monoisotopic (exact) mass is 304 g/mol. The summed E-state index contributed by atoms with van der Waals surface area (Å²) in [5, 5.41) is 7.01. The lowest BCUT2D eigenvalue weighted by Gasteiger charge is -2.24. The maximum Gasteiger partial charge on any atom is 0.238 e. The third-order valence-electron chi connectivity index (χ3n) is 3.90. The number of likely N-dealkylation sites (tertiary alicyclic amines) is 1. The smallest absolute Gasteiger partial charge is 0.238 e. The standard InChI is InChI=1S/C15H20N4O3/c1-16-10-11-4-2-8-19(11)14(20)7-6-13-17-15(18-22-13)12-5-3-9-21-12/h3,5,9,11,16H,2,4,6-8,10H2,1H3. The van der Waals surface area contributed by atoms with Crippen molar-refractivity contribution in [2.75, 3.05) is 20.1 Å². The molecule has 3 rings (SSSR count). The largest absolute Gasteiger partial charge is 0.461 e. The molecule has 0 aromatic carbocycles. The quantitative estimate of drug-likeness (QED) is 0.870. The summed E-state index contributed by atoms with van der Waals surface area (Å²) in [4.78, 5) is 18.5. The number of nitrogens with one attached hydrogen (secondary N) is 1. The van der Waals surface area contributed by atoms with E-state index in [2.05, 4.69) is 15.5 Å². The molecule has 1 aliphatic rings. The number of nitrogens with zero attached hydrogens (tertiary/aromatic N) is 3. The molecule has 7 nitrogen and oxygen atoms in total. The van der Waals surface area contributed by atoms with E-state index in [1.54, 1.807) is 18.4 Å². The van der Waals surface area contributed by atoms with Gasteiger partial charge >= 0.3 is 0 Å². The molecule has 22 heavy (non-hydrogen) atoms. The number of hydrogen-bond acceptors (Lipinski definition) is 6. The van der Waals surface area contributed by atoms with Crippen LogP contribution in [0, 0.1) is 0 Å². The summed E-state index contributed by atoms with van der Waals surface area (Å²) < 4.78 is 10.4. The maximum atomic E-state index is 12.3. The number of likely N-dealkylation sites (N-methyl/N-ethyl adjacent to an activating group) is 1. The first-order valence-corrected chi connectivity index (χ1v) is 7.58. The number of hydrogen-bond donors (Lipinski definition) is 1. The number of aryl methyl sites for hydroxylation is 1. The van der Waals surface area contributed by atoms with Crippen LogP contribution in [0.4, 0.5) is 0 Å². The summed E-state index contributed by atoms with van der Waals surface area (Å²) in [7, 11) is 1.91. The lowest BCUT2D eigenvalue weighted by molar-refractivity contribution is -0.132. The third-order valence-corrected chi connectivity index (χ3v) is 3.90. The molecule has 0 bridgehead atoms. The van der Waals surface area contributed by atoms with Crippen LogP contribution in [0.2, 0.25) is 0 Å². The topological polar surface area (TPSA) is 84.4 Å². The van der Waals surface area contributed by atoms with Gasteiger partial charge in [-0.2, -0.15) is 4.98 Å². The summed E-state index contributed by atoms with van der Waals surface area (Å²) in [6.45, 7) is 1.68. The number of furan rings is 1. The Labute approximate surface area is 128 Å². The maximum absolute atomic E-state index is 12.3. The molecule has 0 saturated carbocycles. The van der Waals surface area contributed by atoms with Crippen molar-refractivity contribution in [3.63, 3.8) is 0 Å². The van der Waals surface area contributed by atoms with E-state index in [-0.39, 0.29) is 5.91 Å². The van der Waals surface area contributed by atoms with Crippen molar-refractivity contribution in [2.24, 2.45) is 0 Å². The normalized spacial score (nSPS) is 18.0. The van der Waals surface area contributed by atoms with Crippen LogP contribution in [-0.2, 0) is 11.2 Å². The Bertz CT molecular complexity index is 608. The molecule has 2 aromatic rings. The summed E-state index contributed by atoms with van der Waals surface area (Å²) in [5.74, 6) is 1.59. The van der Waals surface area contributed by atoms with E-state index in [9.17, 15) is 4.79 Å². The van der Waals surface area contributed by atoms with Gasteiger partial charge < -0.3 is 19.2 Å². The molecular formula is C15H20N4O3. The zero-order valence-corrected chi connectivity index (χ0v) is 12.6. The van der Waals surface area contributed by atoms with Crippen LogP contribution in [0.1, 0.15) is 25.2 Å². The number of rotatable bonds is 6. The Kier molecular flexibility index (Phi) is 4.53. The highest BCUT2D eigenvalue weighted by Crippen LogP contribution is 2.19. The molecule has 1 N–H and O–H groups in total. The first kappa shape index (κ1) is 14.8. The van der Waals surface area contributed by atoms with Gasteiger partial charge in [0.2, 0.25) is 17.6 Å². The lowest BCUT2D eigenvalue weighted by Crippen LogP contribution is -2.40. The van der Waals surface area contributed by atoms with Crippen LogP contribution in [0.3, 0.4) is 0 Å². The second kappa shape index (κ2) is 6.74. The van der Waals surface area contributed by atoms with Crippen molar-refractivity contribution < 1.29 is 13.7 Å². The Balaban J connectivity index is 1.55. The van der Waals surface area contributed by atoms with Gasteiger partial charge in [0.1, 0.15) is 0 Å². The van der Waals surface area contributed by atoms with Crippen LogP contribution >= 0.6 is 0 Å². The van der Waals surface area contributed by atoms with Crippen molar-refractivity contribution in [1.29, 1.82) is 0 Å². The van der Waals surface area contributed by atoms with Gasteiger partial charge in [-0.3, -0.25) is 4.79 Å². The average Bonchev–Trinajstić information content (AvgIpc) is 3.25. The van der Waals surface area contributed by atoms with E-state index in [1.165, 1.54) is 0 Å². The number of amides is 1. The minimum Gasteiger partial charge on any atom is -0.461 e. The molecule has 3 heterocycles. The molecule has 2 aromatic heterocycles. The fourth-order valence-corrected chi connectivity index (χ4v) is 2.83. The van der Waals surface area contributed by atoms with Crippen LogP contribution in [0.5, 0.6) is 0 Å². The van der Waals surface area contributed by atoms with Crippen LogP contribution in [0.25, 0.3) is 11.6 Å². The Morgan fingerprint density at radius 3 is 3.23 bits per heavy atom. The number of carbonyl (C=O) groups is 1. The molecule has 1 unspecified atom stereocenters. The van der Waals surface area contributed by atoms with E-state index in [0.717, 1.165) is 25.9 Å². The summed E-state index contributed by atoms with van der Waals surface area (Å²) in [6, 6.07) is 3.84. The second-order valence-electron chi connectivity index (χ2n) is 5.43. The molecule has 1 amide bonds. The van der Waals surface area contributed by atoms with Gasteiger partial charge in [0.15, 0.2) is 5.76 Å². The van der Waals surface area contributed by atoms with Gasteiger partial charge in [0, 0.05) is 32.0 Å². The molecule has 118 valence electrons. The highest BCUT2D eigenvalue weighted by molar-refractivity contribution is 5.77. The fraction of sp³-hybridized carbons (Fsp3) is 0.533. The second-order valence-corrected chi connectivity index (χ2v) is 5.43. The van der Waals surface area contributed by atoms with Crippen LogP contribution in [0.15, 0.2) is 27.3 Å². The van der Waals surface area contributed by atoms with Crippen molar-refractivity contribution in [3.8, 4) is 11.6 Å². The minimum atomic E-state index is 0.149. The van der Waals surface area contributed by atoms with E-state index in [1.807, 2.05) is 11.9 Å². The van der Waals surface area contributed by atoms with E-state index in [4.69, 9.17) is 8.94 Å². The zero-order chi connectivity index (χ0) is 15.4. The average molecular weight is 304 g/mol. The molecule has 0 radical (unpaired) electrons.